The number of amides is 1. The van der Waals surface area contributed by atoms with Crippen LogP contribution in [0.15, 0.2) is 0 Å². The number of nitrogens with zero attached hydrogens (tertiary/aromatic N) is 2. The SMILES string of the molecule is NC1CCN(CC(=O)NCCCN2CCCCC2)CC1. The van der Waals surface area contributed by atoms with Crippen molar-refractivity contribution in [3.63, 3.8) is 0 Å². The second kappa shape index (κ2) is 8.60. The molecule has 3 N–H and O–H groups in total. The third-order valence-corrected chi connectivity index (χ3v) is 4.42. The van der Waals surface area contributed by atoms with Gasteiger partial charge in [0.15, 0.2) is 0 Å². The van der Waals surface area contributed by atoms with Gasteiger partial charge in [0, 0.05) is 25.7 Å². The van der Waals surface area contributed by atoms with Crippen LogP contribution in [0.3, 0.4) is 0 Å². The van der Waals surface area contributed by atoms with Gasteiger partial charge in [-0.05, 0) is 51.7 Å². The first kappa shape index (κ1) is 15.7. The summed E-state index contributed by atoms with van der Waals surface area (Å²) in [6.07, 6.45) is 7.15. The second-order valence-electron chi connectivity index (χ2n) is 6.22. The fraction of sp³-hybridized carbons (Fsp3) is 0.933. The van der Waals surface area contributed by atoms with Gasteiger partial charge in [-0.2, -0.15) is 0 Å². The van der Waals surface area contributed by atoms with Gasteiger partial charge in [-0.25, -0.2) is 0 Å². The maximum atomic E-state index is 11.8. The number of nitrogens with two attached hydrogens (primary N) is 1. The molecule has 0 atom stereocenters. The summed E-state index contributed by atoms with van der Waals surface area (Å²) in [7, 11) is 0. The summed E-state index contributed by atoms with van der Waals surface area (Å²) in [5.41, 5.74) is 5.86. The van der Waals surface area contributed by atoms with E-state index in [2.05, 4.69) is 15.1 Å². The molecule has 2 heterocycles. The minimum atomic E-state index is 0.166. The van der Waals surface area contributed by atoms with Crippen molar-refractivity contribution < 1.29 is 4.79 Å². The van der Waals surface area contributed by atoms with E-state index in [4.69, 9.17) is 5.73 Å². The smallest absolute Gasteiger partial charge is 0.234 e. The van der Waals surface area contributed by atoms with Crippen LogP contribution in [0.5, 0.6) is 0 Å². The third kappa shape index (κ3) is 5.77. The highest BCUT2D eigenvalue weighted by Crippen LogP contribution is 2.08. The summed E-state index contributed by atoms with van der Waals surface area (Å²) in [4.78, 5) is 16.6. The molecule has 2 fully saturated rings. The van der Waals surface area contributed by atoms with E-state index in [-0.39, 0.29) is 5.91 Å². The minimum absolute atomic E-state index is 0.166. The van der Waals surface area contributed by atoms with E-state index in [9.17, 15) is 4.79 Å². The van der Waals surface area contributed by atoms with E-state index in [1.807, 2.05) is 0 Å². The first-order chi connectivity index (χ1) is 9.74. The molecule has 2 saturated heterocycles. The van der Waals surface area contributed by atoms with Gasteiger partial charge < -0.3 is 16.0 Å². The highest BCUT2D eigenvalue weighted by molar-refractivity contribution is 5.77. The van der Waals surface area contributed by atoms with Crippen LogP contribution in [0.4, 0.5) is 0 Å². The van der Waals surface area contributed by atoms with Gasteiger partial charge in [0.2, 0.25) is 5.91 Å². The Morgan fingerprint density at radius 2 is 1.75 bits per heavy atom. The van der Waals surface area contributed by atoms with Gasteiger partial charge in [-0.1, -0.05) is 6.42 Å². The zero-order chi connectivity index (χ0) is 14.2. The number of hydrogen-bond acceptors (Lipinski definition) is 4. The Balaban J connectivity index is 1.49. The molecule has 1 amide bonds. The van der Waals surface area contributed by atoms with Crippen LogP contribution in [-0.4, -0.2) is 67.6 Å². The van der Waals surface area contributed by atoms with Crippen LogP contribution >= 0.6 is 0 Å². The normalized spacial score (nSPS) is 22.9. The van der Waals surface area contributed by atoms with Crippen molar-refractivity contribution in [2.75, 3.05) is 45.8 Å². The number of hydrogen-bond donors (Lipinski definition) is 2. The van der Waals surface area contributed by atoms with E-state index in [0.717, 1.165) is 45.4 Å². The fourth-order valence-corrected chi connectivity index (χ4v) is 3.08. The lowest BCUT2D eigenvalue weighted by Crippen LogP contribution is -2.44. The van der Waals surface area contributed by atoms with E-state index in [1.165, 1.54) is 32.4 Å². The lowest BCUT2D eigenvalue weighted by atomic mass is 10.1. The van der Waals surface area contributed by atoms with Gasteiger partial charge in [-0.3, -0.25) is 9.69 Å². The van der Waals surface area contributed by atoms with Crippen molar-refractivity contribution in [3.8, 4) is 0 Å². The molecule has 0 spiro atoms. The van der Waals surface area contributed by atoms with Gasteiger partial charge in [0.05, 0.1) is 6.54 Å². The topological polar surface area (TPSA) is 61.6 Å². The first-order valence-corrected chi connectivity index (χ1v) is 8.21. The van der Waals surface area contributed by atoms with Crippen molar-refractivity contribution >= 4 is 5.91 Å². The second-order valence-corrected chi connectivity index (χ2v) is 6.22. The molecule has 2 aliphatic rings. The van der Waals surface area contributed by atoms with Crippen LogP contribution < -0.4 is 11.1 Å². The Labute approximate surface area is 122 Å². The summed E-state index contributed by atoms with van der Waals surface area (Å²) in [5.74, 6) is 0.166. The highest BCUT2D eigenvalue weighted by atomic mass is 16.2. The molecule has 0 aromatic rings. The maximum absolute atomic E-state index is 11.8. The number of carbonyl (C=O) groups is 1. The highest BCUT2D eigenvalue weighted by Gasteiger charge is 2.17. The summed E-state index contributed by atoms with van der Waals surface area (Å²) < 4.78 is 0. The molecule has 0 radical (unpaired) electrons. The van der Waals surface area contributed by atoms with Gasteiger partial charge in [-0.15, -0.1) is 0 Å². The molecule has 0 aromatic carbocycles. The van der Waals surface area contributed by atoms with Crippen LogP contribution in [-0.2, 0) is 4.79 Å². The Kier molecular flexibility index (Phi) is 6.76. The van der Waals surface area contributed by atoms with E-state index in [0.29, 0.717) is 12.6 Å². The van der Waals surface area contributed by atoms with Crippen molar-refractivity contribution in [1.82, 2.24) is 15.1 Å². The minimum Gasteiger partial charge on any atom is -0.355 e. The fourth-order valence-electron chi connectivity index (χ4n) is 3.08. The van der Waals surface area contributed by atoms with E-state index >= 15 is 0 Å². The molecule has 20 heavy (non-hydrogen) atoms. The average Bonchev–Trinajstić information content (AvgIpc) is 2.47. The van der Waals surface area contributed by atoms with Gasteiger partial charge in [0.25, 0.3) is 0 Å². The Bertz CT molecular complexity index is 284. The molecule has 5 nitrogen and oxygen atoms in total. The quantitative estimate of drug-likeness (QED) is 0.692. The first-order valence-electron chi connectivity index (χ1n) is 8.21. The Hall–Kier alpha value is -0.650. The number of likely N-dealkylation sites (tertiary alicyclic amines) is 2. The van der Waals surface area contributed by atoms with Crippen molar-refractivity contribution in [2.45, 2.75) is 44.6 Å². The number of rotatable bonds is 6. The van der Waals surface area contributed by atoms with Crippen LogP contribution in [0, 0.1) is 0 Å². The summed E-state index contributed by atoms with van der Waals surface area (Å²) >= 11 is 0. The lowest BCUT2D eigenvalue weighted by molar-refractivity contribution is -0.122. The van der Waals surface area contributed by atoms with Crippen molar-refractivity contribution in [3.05, 3.63) is 0 Å². The maximum Gasteiger partial charge on any atom is 0.234 e. The molecular weight excluding hydrogens is 252 g/mol. The summed E-state index contributed by atoms with van der Waals surface area (Å²) in [6, 6.07) is 0.332. The van der Waals surface area contributed by atoms with Crippen molar-refractivity contribution in [2.24, 2.45) is 5.73 Å². The predicted molar refractivity (Wildman–Crippen MR) is 81.6 cm³/mol. The Morgan fingerprint density at radius 1 is 1.05 bits per heavy atom. The van der Waals surface area contributed by atoms with Crippen molar-refractivity contribution in [1.29, 1.82) is 0 Å². The molecular formula is C15H30N4O. The molecule has 0 aromatic heterocycles. The molecule has 2 aliphatic heterocycles. The molecule has 116 valence electrons. The monoisotopic (exact) mass is 282 g/mol. The van der Waals surface area contributed by atoms with Gasteiger partial charge >= 0.3 is 0 Å². The van der Waals surface area contributed by atoms with Crippen LogP contribution in [0.1, 0.15) is 38.5 Å². The van der Waals surface area contributed by atoms with E-state index < -0.39 is 0 Å². The molecule has 2 rings (SSSR count). The molecule has 5 heteroatoms. The Morgan fingerprint density at radius 3 is 2.45 bits per heavy atom. The molecule has 0 aliphatic carbocycles. The van der Waals surface area contributed by atoms with Gasteiger partial charge in [0.1, 0.15) is 0 Å². The van der Waals surface area contributed by atoms with Crippen LogP contribution in [0.25, 0.3) is 0 Å². The third-order valence-electron chi connectivity index (χ3n) is 4.42. The zero-order valence-corrected chi connectivity index (χ0v) is 12.6. The number of nitrogens with one attached hydrogen (secondary N) is 1. The largest absolute Gasteiger partial charge is 0.355 e. The standard InChI is InChI=1S/C15H30N4O/c16-14-5-11-19(12-6-14)13-15(20)17-7-4-10-18-8-2-1-3-9-18/h14H,1-13,16H2,(H,17,20). The zero-order valence-electron chi connectivity index (χ0n) is 12.6. The van der Waals surface area contributed by atoms with E-state index in [1.54, 1.807) is 0 Å². The molecule has 0 unspecified atom stereocenters. The lowest BCUT2D eigenvalue weighted by Gasteiger charge is -2.29. The summed E-state index contributed by atoms with van der Waals surface area (Å²) in [6.45, 7) is 6.87. The summed E-state index contributed by atoms with van der Waals surface area (Å²) in [5, 5.41) is 3.04. The molecule has 0 bridgehead atoms. The average molecular weight is 282 g/mol. The number of piperidine rings is 2. The number of carbonyl (C=O) groups excluding carboxylic acids is 1. The van der Waals surface area contributed by atoms with Crippen LogP contribution in [0.2, 0.25) is 0 Å². The predicted octanol–water partition coefficient (Wildman–Crippen LogP) is 0.402. The molecule has 0 saturated carbocycles.